The number of halogens is 3. The average Bonchev–Trinajstić information content (AvgIpc) is 2.99. The molecule has 176 valence electrons. The summed E-state index contributed by atoms with van der Waals surface area (Å²) >= 11 is 0. The van der Waals surface area contributed by atoms with Gasteiger partial charge in [-0.25, -0.2) is 0 Å². The molecule has 3 aliphatic rings. The second-order valence-corrected chi connectivity index (χ2v) is 12.1. The summed E-state index contributed by atoms with van der Waals surface area (Å²) in [7, 11) is 0. The standard InChI is InChI=1S/C25H43F3O2/c1-7-23(5,30)14-16-8-9-17-19(22(16,3)4)12-13-24(6)18(10-11-20(17)24)15(2)21(29)25(26,27)28/h15-21,29-30H,7-14H2,1-6H3/t15-,16+,17+,18+,19-,20-,21-,23?,24+/m0/s1. The van der Waals surface area contributed by atoms with Gasteiger partial charge in [0.15, 0.2) is 6.10 Å². The number of rotatable bonds is 5. The van der Waals surface area contributed by atoms with Crippen LogP contribution in [0.2, 0.25) is 0 Å². The molecule has 0 amide bonds. The van der Waals surface area contributed by atoms with Crippen molar-refractivity contribution in [3.05, 3.63) is 0 Å². The Bertz CT molecular complexity index is 614. The highest BCUT2D eigenvalue weighted by Gasteiger charge is 2.61. The fourth-order valence-electron chi connectivity index (χ4n) is 8.14. The highest BCUT2D eigenvalue weighted by molar-refractivity contribution is 5.09. The minimum Gasteiger partial charge on any atom is -0.390 e. The molecule has 3 saturated carbocycles. The predicted molar refractivity (Wildman–Crippen MR) is 114 cm³/mol. The third kappa shape index (κ3) is 4.07. The predicted octanol–water partition coefficient (Wildman–Crippen LogP) is 6.59. The van der Waals surface area contributed by atoms with Crippen molar-refractivity contribution in [2.75, 3.05) is 0 Å². The minimum absolute atomic E-state index is 0.0678. The second-order valence-electron chi connectivity index (χ2n) is 12.1. The van der Waals surface area contributed by atoms with Gasteiger partial charge in [-0.2, -0.15) is 13.2 Å². The van der Waals surface area contributed by atoms with Crippen molar-refractivity contribution in [1.82, 2.24) is 0 Å². The van der Waals surface area contributed by atoms with E-state index in [1.807, 2.05) is 13.8 Å². The fourth-order valence-corrected chi connectivity index (χ4v) is 8.14. The first-order valence-electron chi connectivity index (χ1n) is 12.1. The third-order valence-electron chi connectivity index (χ3n) is 10.3. The summed E-state index contributed by atoms with van der Waals surface area (Å²) in [5.41, 5.74) is -0.594. The lowest BCUT2D eigenvalue weighted by molar-refractivity contribution is -0.228. The van der Waals surface area contributed by atoms with Gasteiger partial charge in [-0.05, 0) is 105 Å². The van der Waals surface area contributed by atoms with Gasteiger partial charge in [0.05, 0.1) is 5.60 Å². The Morgan fingerprint density at radius 3 is 2.20 bits per heavy atom. The molecular formula is C25H43F3O2. The largest absolute Gasteiger partial charge is 0.414 e. The molecule has 2 nitrogen and oxygen atoms in total. The van der Waals surface area contributed by atoms with Crippen LogP contribution < -0.4 is 0 Å². The molecule has 0 aromatic heterocycles. The van der Waals surface area contributed by atoms with Crippen molar-refractivity contribution in [3.63, 3.8) is 0 Å². The highest BCUT2D eigenvalue weighted by Crippen LogP contribution is 2.67. The van der Waals surface area contributed by atoms with E-state index in [-0.39, 0.29) is 16.7 Å². The molecule has 0 aliphatic heterocycles. The van der Waals surface area contributed by atoms with Gasteiger partial charge in [0.2, 0.25) is 0 Å². The Balaban J connectivity index is 1.79. The maximum atomic E-state index is 13.2. The summed E-state index contributed by atoms with van der Waals surface area (Å²) in [5, 5.41) is 20.6. The second kappa shape index (κ2) is 7.93. The molecule has 0 aromatic carbocycles. The molecule has 0 radical (unpaired) electrons. The summed E-state index contributed by atoms with van der Waals surface area (Å²) in [6.45, 7) is 12.5. The van der Waals surface area contributed by atoms with E-state index >= 15 is 0 Å². The fraction of sp³-hybridized carbons (Fsp3) is 1.00. The van der Waals surface area contributed by atoms with E-state index < -0.39 is 23.8 Å². The molecule has 3 aliphatic carbocycles. The summed E-state index contributed by atoms with van der Waals surface area (Å²) in [4.78, 5) is 0. The van der Waals surface area contributed by atoms with Crippen LogP contribution in [0.5, 0.6) is 0 Å². The first-order valence-corrected chi connectivity index (χ1v) is 12.1. The van der Waals surface area contributed by atoms with E-state index in [0.717, 1.165) is 51.4 Å². The SMILES string of the molecule is CCC(C)(O)C[C@H]1CC[C@@H]2[C@H](CC[C@]3(C)[C@@H]([C@H](C)[C@H](O)C(F)(F)F)CC[C@@H]23)C1(C)C. The number of hydrogen-bond acceptors (Lipinski definition) is 2. The Morgan fingerprint density at radius 1 is 1.00 bits per heavy atom. The van der Waals surface area contributed by atoms with Gasteiger partial charge in [0, 0.05) is 0 Å². The highest BCUT2D eigenvalue weighted by atomic mass is 19.4. The van der Waals surface area contributed by atoms with Crippen LogP contribution in [-0.4, -0.2) is 28.1 Å². The van der Waals surface area contributed by atoms with Gasteiger partial charge in [-0.15, -0.1) is 0 Å². The van der Waals surface area contributed by atoms with Crippen LogP contribution in [0, 0.1) is 46.3 Å². The van der Waals surface area contributed by atoms with Crippen LogP contribution >= 0.6 is 0 Å². The number of aliphatic hydroxyl groups excluding tert-OH is 1. The van der Waals surface area contributed by atoms with Crippen LogP contribution in [-0.2, 0) is 0 Å². The normalized spacial score (nSPS) is 42.7. The summed E-state index contributed by atoms with van der Waals surface area (Å²) in [6, 6.07) is 0. The number of aliphatic hydroxyl groups is 2. The summed E-state index contributed by atoms with van der Waals surface area (Å²) in [6.07, 6.45) is 0.858. The van der Waals surface area contributed by atoms with E-state index in [9.17, 15) is 23.4 Å². The molecule has 0 heterocycles. The quantitative estimate of drug-likeness (QED) is 0.514. The van der Waals surface area contributed by atoms with E-state index in [0.29, 0.717) is 23.7 Å². The van der Waals surface area contributed by atoms with Gasteiger partial charge >= 0.3 is 6.18 Å². The van der Waals surface area contributed by atoms with Gasteiger partial charge in [0.1, 0.15) is 0 Å². The molecule has 2 N–H and O–H groups in total. The number of alkyl halides is 3. The first-order chi connectivity index (χ1) is 13.6. The molecule has 9 atom stereocenters. The summed E-state index contributed by atoms with van der Waals surface area (Å²) in [5.74, 6) is 1.25. The van der Waals surface area contributed by atoms with E-state index in [4.69, 9.17) is 0 Å². The van der Waals surface area contributed by atoms with Crippen molar-refractivity contribution < 1.29 is 23.4 Å². The molecule has 0 aromatic rings. The molecule has 0 saturated heterocycles. The van der Waals surface area contributed by atoms with E-state index in [1.54, 1.807) is 6.92 Å². The van der Waals surface area contributed by atoms with Gasteiger partial charge < -0.3 is 10.2 Å². The molecule has 0 spiro atoms. The van der Waals surface area contributed by atoms with Gasteiger partial charge in [0.25, 0.3) is 0 Å². The zero-order chi connectivity index (χ0) is 22.7. The lowest BCUT2D eigenvalue weighted by atomic mass is 9.46. The van der Waals surface area contributed by atoms with Crippen LogP contribution in [0.3, 0.4) is 0 Å². The molecule has 1 unspecified atom stereocenters. The smallest absolute Gasteiger partial charge is 0.390 e. The zero-order valence-corrected chi connectivity index (χ0v) is 19.7. The van der Waals surface area contributed by atoms with Gasteiger partial charge in [-0.1, -0.05) is 34.6 Å². The molecule has 3 rings (SSSR count). The summed E-state index contributed by atoms with van der Waals surface area (Å²) < 4.78 is 39.6. The average molecular weight is 433 g/mol. The Morgan fingerprint density at radius 2 is 1.63 bits per heavy atom. The first kappa shape index (κ1) is 24.4. The minimum atomic E-state index is -4.54. The maximum Gasteiger partial charge on any atom is 0.414 e. The zero-order valence-electron chi connectivity index (χ0n) is 19.7. The monoisotopic (exact) mass is 432 g/mol. The Kier molecular flexibility index (Phi) is 6.44. The maximum absolute atomic E-state index is 13.2. The van der Waals surface area contributed by atoms with Gasteiger partial charge in [-0.3, -0.25) is 0 Å². The van der Waals surface area contributed by atoms with E-state index in [2.05, 4.69) is 20.8 Å². The topological polar surface area (TPSA) is 40.5 Å². The lowest BCUT2D eigenvalue weighted by Gasteiger charge is -2.59. The molecule has 30 heavy (non-hydrogen) atoms. The van der Waals surface area contributed by atoms with E-state index in [1.165, 1.54) is 0 Å². The molecular weight excluding hydrogens is 389 g/mol. The number of hydrogen-bond donors (Lipinski definition) is 2. The molecule has 3 fully saturated rings. The molecule has 0 bridgehead atoms. The van der Waals surface area contributed by atoms with Crippen molar-refractivity contribution >= 4 is 0 Å². The molecule has 5 heteroatoms. The Hall–Kier alpha value is -0.290. The van der Waals surface area contributed by atoms with Crippen LogP contribution in [0.15, 0.2) is 0 Å². The van der Waals surface area contributed by atoms with Crippen LogP contribution in [0.25, 0.3) is 0 Å². The third-order valence-corrected chi connectivity index (χ3v) is 10.3. The van der Waals surface area contributed by atoms with Crippen molar-refractivity contribution in [2.45, 2.75) is 111 Å². The van der Waals surface area contributed by atoms with Crippen LogP contribution in [0.4, 0.5) is 13.2 Å². The lowest BCUT2D eigenvalue weighted by Crippen LogP contribution is -2.53. The van der Waals surface area contributed by atoms with Crippen molar-refractivity contribution in [2.24, 2.45) is 46.3 Å². The Labute approximate surface area is 181 Å². The number of fused-ring (bicyclic) bond motifs is 3. The van der Waals surface area contributed by atoms with Crippen LogP contribution in [0.1, 0.15) is 92.9 Å². The van der Waals surface area contributed by atoms with Crippen molar-refractivity contribution in [1.29, 1.82) is 0 Å². The van der Waals surface area contributed by atoms with Crippen molar-refractivity contribution in [3.8, 4) is 0 Å².